The summed E-state index contributed by atoms with van der Waals surface area (Å²) in [5.74, 6) is 1.56. The largest absolute Gasteiger partial charge is 0.497 e. The second kappa shape index (κ2) is 7.13. The molecule has 7 heteroatoms. The Bertz CT molecular complexity index is 729. The maximum absolute atomic E-state index is 12.0. The van der Waals surface area contributed by atoms with E-state index in [1.807, 2.05) is 24.3 Å². The van der Waals surface area contributed by atoms with E-state index in [0.29, 0.717) is 0 Å². The molecular formula is C15H18N2O3S2. The van der Waals surface area contributed by atoms with Gasteiger partial charge in [0.05, 0.1) is 12.1 Å². The van der Waals surface area contributed by atoms with Gasteiger partial charge < -0.3 is 4.74 Å². The van der Waals surface area contributed by atoms with Crippen molar-refractivity contribution in [3.63, 3.8) is 0 Å². The summed E-state index contributed by atoms with van der Waals surface area (Å²) >= 11 is 1.55. The molecule has 0 fully saturated rings. The highest BCUT2D eigenvalue weighted by atomic mass is 32.2. The predicted octanol–water partition coefficient (Wildman–Crippen LogP) is 2.63. The lowest BCUT2D eigenvalue weighted by molar-refractivity contribution is 0.414. The fourth-order valence-electron chi connectivity index (χ4n) is 1.74. The standard InChI is InChI=1S/C15H18N2O3S2/c1-17(2)22(18,19)14-7-8-15(16-10-14)21-11-12-5-4-6-13(9-12)20-3/h4-10H,11H2,1-3H3. The fourth-order valence-corrected chi connectivity index (χ4v) is 3.37. The molecule has 0 saturated carbocycles. The number of benzene rings is 1. The lowest BCUT2D eigenvalue weighted by Gasteiger charge is -2.11. The Morgan fingerprint density at radius 3 is 2.59 bits per heavy atom. The molecule has 0 saturated heterocycles. The Labute approximate surface area is 135 Å². The summed E-state index contributed by atoms with van der Waals surface area (Å²) in [6, 6.07) is 11.1. The van der Waals surface area contributed by atoms with Crippen LogP contribution in [0, 0.1) is 0 Å². The van der Waals surface area contributed by atoms with Gasteiger partial charge in [0, 0.05) is 26.0 Å². The van der Waals surface area contributed by atoms with Gasteiger partial charge in [0.15, 0.2) is 0 Å². The van der Waals surface area contributed by atoms with Crippen LogP contribution in [0.15, 0.2) is 52.5 Å². The quantitative estimate of drug-likeness (QED) is 0.758. The summed E-state index contributed by atoms with van der Waals surface area (Å²) in [6.07, 6.45) is 1.39. The number of hydrogen-bond donors (Lipinski definition) is 0. The van der Waals surface area contributed by atoms with Crippen molar-refractivity contribution in [3.05, 3.63) is 48.2 Å². The summed E-state index contributed by atoms with van der Waals surface area (Å²) in [5, 5.41) is 0.778. The zero-order valence-electron chi connectivity index (χ0n) is 12.7. The number of rotatable bonds is 6. The zero-order chi connectivity index (χ0) is 16.2. The first-order chi connectivity index (χ1) is 10.4. The molecule has 5 nitrogen and oxygen atoms in total. The van der Waals surface area contributed by atoms with E-state index in [2.05, 4.69) is 4.98 Å². The molecule has 0 unspecified atom stereocenters. The number of sulfonamides is 1. The maximum Gasteiger partial charge on any atom is 0.244 e. The lowest BCUT2D eigenvalue weighted by Crippen LogP contribution is -2.22. The highest BCUT2D eigenvalue weighted by Crippen LogP contribution is 2.24. The van der Waals surface area contributed by atoms with Crippen molar-refractivity contribution >= 4 is 21.8 Å². The van der Waals surface area contributed by atoms with E-state index < -0.39 is 10.0 Å². The Morgan fingerprint density at radius 1 is 1.23 bits per heavy atom. The third-order valence-electron chi connectivity index (χ3n) is 3.01. The molecule has 0 radical (unpaired) electrons. The SMILES string of the molecule is COc1cccc(CSc2ccc(S(=O)(=O)N(C)C)cn2)c1. The van der Waals surface area contributed by atoms with Gasteiger partial charge in [0.25, 0.3) is 0 Å². The van der Waals surface area contributed by atoms with Gasteiger partial charge in [-0.25, -0.2) is 17.7 Å². The number of hydrogen-bond acceptors (Lipinski definition) is 5. The minimum atomic E-state index is -3.42. The van der Waals surface area contributed by atoms with Gasteiger partial charge in [-0.05, 0) is 29.8 Å². The molecule has 1 aromatic carbocycles. The summed E-state index contributed by atoms with van der Waals surface area (Å²) < 4.78 is 30.3. The van der Waals surface area contributed by atoms with Gasteiger partial charge in [-0.3, -0.25) is 0 Å². The number of pyridine rings is 1. The van der Waals surface area contributed by atoms with Crippen molar-refractivity contribution in [1.29, 1.82) is 0 Å². The third kappa shape index (κ3) is 4.00. The number of ether oxygens (including phenoxy) is 1. The number of nitrogens with zero attached hydrogens (tertiary/aromatic N) is 2. The van der Waals surface area contributed by atoms with Gasteiger partial charge in [-0.1, -0.05) is 12.1 Å². The summed E-state index contributed by atoms with van der Waals surface area (Å²) in [7, 11) is 1.21. The monoisotopic (exact) mass is 338 g/mol. The van der Waals surface area contributed by atoms with E-state index in [-0.39, 0.29) is 4.90 Å². The summed E-state index contributed by atoms with van der Waals surface area (Å²) in [5.41, 5.74) is 1.12. The topological polar surface area (TPSA) is 59.5 Å². The van der Waals surface area contributed by atoms with Gasteiger partial charge in [0.2, 0.25) is 10.0 Å². The third-order valence-corrected chi connectivity index (χ3v) is 5.82. The van der Waals surface area contributed by atoms with Crippen LogP contribution in [0.1, 0.15) is 5.56 Å². The Hall–Kier alpha value is -1.57. The van der Waals surface area contributed by atoms with Crippen LogP contribution < -0.4 is 4.74 Å². The molecular weight excluding hydrogens is 320 g/mol. The smallest absolute Gasteiger partial charge is 0.244 e. The van der Waals surface area contributed by atoms with E-state index in [1.165, 1.54) is 24.6 Å². The molecule has 2 rings (SSSR count). The zero-order valence-corrected chi connectivity index (χ0v) is 14.3. The first kappa shape index (κ1) is 16.8. The molecule has 0 amide bonds. The van der Waals surface area contributed by atoms with Crippen LogP contribution in [0.3, 0.4) is 0 Å². The van der Waals surface area contributed by atoms with Crippen molar-refractivity contribution in [1.82, 2.24) is 9.29 Å². The Morgan fingerprint density at radius 2 is 2.00 bits per heavy atom. The molecule has 0 aliphatic heterocycles. The fraction of sp³-hybridized carbons (Fsp3) is 0.267. The van der Waals surface area contributed by atoms with Gasteiger partial charge in [-0.2, -0.15) is 0 Å². The predicted molar refractivity (Wildman–Crippen MR) is 87.7 cm³/mol. The first-order valence-corrected chi connectivity index (χ1v) is 9.00. The van der Waals surface area contributed by atoms with Gasteiger partial charge >= 0.3 is 0 Å². The van der Waals surface area contributed by atoms with E-state index in [0.717, 1.165) is 22.1 Å². The average molecular weight is 338 g/mol. The molecule has 0 atom stereocenters. The minimum Gasteiger partial charge on any atom is -0.497 e. The summed E-state index contributed by atoms with van der Waals surface area (Å²) in [4.78, 5) is 4.41. The van der Waals surface area contributed by atoms with Crippen LogP contribution in [0.4, 0.5) is 0 Å². The molecule has 22 heavy (non-hydrogen) atoms. The molecule has 0 N–H and O–H groups in total. The lowest BCUT2D eigenvalue weighted by atomic mass is 10.2. The average Bonchev–Trinajstić information content (AvgIpc) is 2.53. The van der Waals surface area contributed by atoms with Crippen LogP contribution >= 0.6 is 11.8 Å². The van der Waals surface area contributed by atoms with Crippen LogP contribution in [-0.2, 0) is 15.8 Å². The Balaban J connectivity index is 2.05. The maximum atomic E-state index is 12.0. The van der Waals surface area contributed by atoms with Crippen LogP contribution in [0.25, 0.3) is 0 Å². The van der Waals surface area contributed by atoms with Crippen molar-refractivity contribution in [2.75, 3.05) is 21.2 Å². The molecule has 1 aromatic heterocycles. The number of thioether (sulfide) groups is 1. The Kier molecular flexibility index (Phi) is 5.44. The van der Waals surface area contributed by atoms with Crippen molar-refractivity contribution in [3.8, 4) is 5.75 Å². The van der Waals surface area contributed by atoms with E-state index in [9.17, 15) is 8.42 Å². The molecule has 0 bridgehead atoms. The summed E-state index contributed by atoms with van der Waals surface area (Å²) in [6.45, 7) is 0. The van der Waals surface area contributed by atoms with E-state index in [4.69, 9.17) is 4.74 Å². The molecule has 0 aliphatic rings. The minimum absolute atomic E-state index is 0.197. The van der Waals surface area contributed by atoms with Crippen LogP contribution in [0.5, 0.6) is 5.75 Å². The van der Waals surface area contributed by atoms with Crippen LogP contribution in [-0.4, -0.2) is 38.9 Å². The van der Waals surface area contributed by atoms with Crippen molar-refractivity contribution in [2.24, 2.45) is 0 Å². The molecule has 2 aromatic rings. The first-order valence-electron chi connectivity index (χ1n) is 6.58. The van der Waals surface area contributed by atoms with E-state index >= 15 is 0 Å². The second-order valence-corrected chi connectivity index (χ2v) is 7.91. The molecule has 0 aliphatic carbocycles. The van der Waals surface area contributed by atoms with Crippen molar-refractivity contribution in [2.45, 2.75) is 15.7 Å². The highest BCUT2D eigenvalue weighted by Gasteiger charge is 2.17. The van der Waals surface area contributed by atoms with Gasteiger partial charge in [0.1, 0.15) is 10.6 Å². The number of aromatic nitrogens is 1. The van der Waals surface area contributed by atoms with Crippen molar-refractivity contribution < 1.29 is 13.2 Å². The molecule has 0 spiro atoms. The van der Waals surface area contributed by atoms with Crippen LogP contribution in [0.2, 0.25) is 0 Å². The molecule has 1 heterocycles. The van der Waals surface area contributed by atoms with E-state index in [1.54, 1.807) is 31.0 Å². The molecule has 118 valence electrons. The highest BCUT2D eigenvalue weighted by molar-refractivity contribution is 7.98. The second-order valence-electron chi connectivity index (χ2n) is 4.76. The normalized spacial score (nSPS) is 11.6. The number of methoxy groups -OCH3 is 1. The van der Waals surface area contributed by atoms with Gasteiger partial charge in [-0.15, -0.1) is 11.8 Å².